The van der Waals surface area contributed by atoms with Crippen LogP contribution >= 0.6 is 0 Å². The molecule has 0 saturated carbocycles. The van der Waals surface area contributed by atoms with Crippen molar-refractivity contribution >= 4 is 86.2 Å². The Morgan fingerprint density at radius 2 is 0.556 bits per heavy atom. The number of rotatable bonds is 5. The molecule has 1 aliphatic rings. The molecular formula is C72H44. The van der Waals surface area contributed by atoms with Gasteiger partial charge in [0.15, 0.2) is 0 Å². The van der Waals surface area contributed by atoms with E-state index < -0.39 is 0 Å². The molecule has 0 aliphatic heterocycles. The highest BCUT2D eigenvalue weighted by molar-refractivity contribution is 6.44. The Morgan fingerprint density at radius 3 is 1.04 bits per heavy atom. The molecule has 0 N–H and O–H groups in total. The number of hydrogen-bond acceptors (Lipinski definition) is 0. The minimum Gasteiger partial charge on any atom is -0.0622 e. The number of fused-ring (bicyclic) bond motifs is 11. The maximum Gasteiger partial charge on any atom is -0.000740 e. The van der Waals surface area contributed by atoms with Gasteiger partial charge in [0.25, 0.3) is 0 Å². The fourth-order valence-electron chi connectivity index (χ4n) is 13.8. The van der Waals surface area contributed by atoms with Crippen molar-refractivity contribution in [3.05, 3.63) is 242 Å². The van der Waals surface area contributed by atoms with Gasteiger partial charge in [-0.2, -0.15) is 0 Å². The van der Waals surface area contributed by atoms with Crippen LogP contribution in [0.5, 0.6) is 0 Å². The van der Waals surface area contributed by atoms with Crippen molar-refractivity contribution in [2.24, 2.45) is 0 Å². The number of benzene rings is 13. The Kier molecular flexibility index (Phi) is 8.12. The van der Waals surface area contributed by atoms with Gasteiger partial charge >= 0.3 is 0 Å². The summed E-state index contributed by atoms with van der Waals surface area (Å²) in [6.45, 7) is 4.51. The minimum absolute atomic E-state index is 1.23. The molecule has 15 aromatic carbocycles. The third-order valence-corrected chi connectivity index (χ3v) is 16.5. The predicted molar refractivity (Wildman–Crippen MR) is 310 cm³/mol. The van der Waals surface area contributed by atoms with E-state index in [9.17, 15) is 0 Å². The second-order valence-corrected chi connectivity index (χ2v) is 20.2. The Labute approximate surface area is 417 Å². The summed E-state index contributed by atoms with van der Waals surface area (Å²) < 4.78 is 0. The second-order valence-electron chi connectivity index (χ2n) is 20.2. The first kappa shape index (κ1) is 39.7. The highest BCUT2D eigenvalue weighted by Crippen LogP contribution is 2.61. The first-order valence-corrected chi connectivity index (χ1v) is 25.3. The molecule has 0 radical (unpaired) electrons. The van der Waals surface area contributed by atoms with Crippen LogP contribution in [0.3, 0.4) is 0 Å². The summed E-state index contributed by atoms with van der Waals surface area (Å²) in [5, 5.41) is 21.0. The van der Waals surface area contributed by atoms with Gasteiger partial charge in [0.2, 0.25) is 0 Å². The van der Waals surface area contributed by atoms with E-state index >= 15 is 0 Å². The summed E-state index contributed by atoms with van der Waals surface area (Å²) in [5.74, 6) is 0. The fourth-order valence-corrected chi connectivity index (χ4v) is 13.8. The monoisotopic (exact) mass is 908 g/mol. The van der Waals surface area contributed by atoms with Gasteiger partial charge in [-0.1, -0.05) is 218 Å². The Balaban J connectivity index is 1.07. The van der Waals surface area contributed by atoms with Gasteiger partial charge in [-0.3, -0.25) is 0 Å². The first-order valence-electron chi connectivity index (χ1n) is 25.3. The molecule has 1 aliphatic carbocycles. The van der Waals surface area contributed by atoms with Crippen LogP contribution < -0.4 is 0 Å². The minimum atomic E-state index is 1.23. The van der Waals surface area contributed by atoms with Gasteiger partial charge in [-0.25, -0.2) is 0 Å². The summed E-state index contributed by atoms with van der Waals surface area (Å²) in [4.78, 5) is 0. The quantitative estimate of drug-likeness (QED) is 0.161. The van der Waals surface area contributed by atoms with Crippen molar-refractivity contribution in [2.45, 2.75) is 13.8 Å². The number of hydrogen-bond donors (Lipinski definition) is 0. The summed E-state index contributed by atoms with van der Waals surface area (Å²) in [6, 6.07) is 87.1. The van der Waals surface area contributed by atoms with Crippen molar-refractivity contribution < 1.29 is 0 Å². The molecule has 16 rings (SSSR count). The zero-order valence-corrected chi connectivity index (χ0v) is 39.9. The third kappa shape index (κ3) is 5.20. The normalized spacial score (nSPS) is 12.3. The molecule has 0 saturated heterocycles. The average molecular weight is 909 g/mol. The van der Waals surface area contributed by atoms with E-state index in [1.807, 2.05) is 0 Å². The second kappa shape index (κ2) is 14.7. The Bertz CT molecular complexity index is 4500. The van der Waals surface area contributed by atoms with E-state index in [0.29, 0.717) is 0 Å². The van der Waals surface area contributed by atoms with Gasteiger partial charge < -0.3 is 0 Å². The van der Waals surface area contributed by atoms with Crippen LogP contribution in [-0.2, 0) is 0 Å². The lowest BCUT2D eigenvalue weighted by molar-refractivity contribution is 1.39. The van der Waals surface area contributed by atoms with Gasteiger partial charge in [-0.15, -0.1) is 0 Å². The van der Waals surface area contributed by atoms with Crippen LogP contribution in [0.2, 0.25) is 0 Å². The molecule has 0 aromatic heterocycles. The average Bonchev–Trinajstić information content (AvgIpc) is 4.06. The smallest absolute Gasteiger partial charge is 0.000740 e. The Hall–Kier alpha value is -9.10. The van der Waals surface area contributed by atoms with Crippen LogP contribution in [0, 0.1) is 13.8 Å². The topological polar surface area (TPSA) is 0 Å². The number of aryl methyl sites for hydroxylation is 2. The lowest BCUT2D eigenvalue weighted by Gasteiger charge is -2.20. The molecule has 0 spiro atoms. The van der Waals surface area contributed by atoms with Gasteiger partial charge in [0, 0.05) is 0 Å². The van der Waals surface area contributed by atoms with Crippen molar-refractivity contribution in [3.8, 4) is 77.9 Å². The highest BCUT2D eigenvalue weighted by atomic mass is 14.4. The molecule has 0 unspecified atom stereocenters. The van der Waals surface area contributed by atoms with E-state index in [1.54, 1.807) is 0 Å². The molecule has 0 atom stereocenters. The molecule has 0 fully saturated rings. The lowest BCUT2D eigenvalue weighted by atomic mass is 9.82. The van der Waals surface area contributed by atoms with Crippen molar-refractivity contribution in [1.82, 2.24) is 0 Å². The SMILES string of the molecule is Cc1cccc(C)c1-c1ccc2c3c(-c4ccccc4)c4cc5c(cc4c(-c4ccccc4)c3c3cccc1c32)c1ccc2c3c(ccc5c31)-c1c-2c(-c2ccccc2)c2ccccc2c1-c1ccccc1. The van der Waals surface area contributed by atoms with Crippen molar-refractivity contribution in [1.29, 1.82) is 0 Å². The van der Waals surface area contributed by atoms with Crippen molar-refractivity contribution in [3.63, 3.8) is 0 Å². The summed E-state index contributed by atoms with van der Waals surface area (Å²) in [6.07, 6.45) is 0. The molecule has 0 nitrogen and oxygen atoms in total. The maximum atomic E-state index is 2.57. The largest absolute Gasteiger partial charge is 0.0622 e. The van der Waals surface area contributed by atoms with Gasteiger partial charge in [0.05, 0.1) is 0 Å². The summed E-state index contributed by atoms with van der Waals surface area (Å²) >= 11 is 0. The molecule has 0 heteroatoms. The summed E-state index contributed by atoms with van der Waals surface area (Å²) in [7, 11) is 0. The summed E-state index contributed by atoms with van der Waals surface area (Å²) in [5.41, 5.74) is 20.7. The predicted octanol–water partition coefficient (Wildman–Crippen LogP) is 20.4. The standard InChI is InChI=1S/C72H44/c1-41-19-17-20-42(2)61(41)50-33-36-54-66-49(50)31-18-32-53(66)69-64(45-25-11-5-12-26-45)59-39-57-51-34-37-55-68-56(38-35-52(67(51)68)58(57)40-60(59)65(70(54)69)46-27-13-6-14-28-46)72-63(44-23-9-4-10-24-44)48-30-16-15-29-47(48)62(71(55)72)43-21-7-3-8-22-43/h3-40H,1-2H3. The zero-order chi connectivity index (χ0) is 47.3. The Morgan fingerprint density at radius 1 is 0.181 bits per heavy atom. The van der Waals surface area contributed by atoms with Crippen LogP contribution in [-0.4, -0.2) is 0 Å². The van der Waals surface area contributed by atoms with E-state index in [-0.39, 0.29) is 0 Å². The molecule has 332 valence electrons. The van der Waals surface area contributed by atoms with Crippen LogP contribution in [0.4, 0.5) is 0 Å². The molecule has 0 amide bonds. The lowest BCUT2D eigenvalue weighted by Crippen LogP contribution is -1.93. The van der Waals surface area contributed by atoms with Crippen LogP contribution in [0.1, 0.15) is 11.1 Å². The van der Waals surface area contributed by atoms with Crippen LogP contribution in [0.15, 0.2) is 231 Å². The zero-order valence-electron chi connectivity index (χ0n) is 39.9. The maximum absolute atomic E-state index is 2.57. The molecule has 0 heterocycles. The molecular weight excluding hydrogens is 865 g/mol. The molecule has 72 heavy (non-hydrogen) atoms. The highest BCUT2D eigenvalue weighted by Gasteiger charge is 2.33. The molecule has 15 aromatic rings. The van der Waals surface area contributed by atoms with Gasteiger partial charge in [-0.05, 0) is 201 Å². The van der Waals surface area contributed by atoms with Gasteiger partial charge in [0.1, 0.15) is 0 Å². The van der Waals surface area contributed by atoms with E-state index in [1.165, 1.54) is 175 Å². The van der Waals surface area contributed by atoms with E-state index in [0.717, 1.165) is 0 Å². The fraction of sp³-hybridized carbons (Fsp3) is 0.0278. The first-order chi connectivity index (χ1) is 35.6. The van der Waals surface area contributed by atoms with Crippen LogP contribution in [0.25, 0.3) is 164 Å². The third-order valence-electron chi connectivity index (χ3n) is 16.5. The molecule has 0 bridgehead atoms. The van der Waals surface area contributed by atoms with E-state index in [2.05, 4.69) is 244 Å². The van der Waals surface area contributed by atoms with Crippen molar-refractivity contribution in [2.75, 3.05) is 0 Å². The van der Waals surface area contributed by atoms with E-state index in [4.69, 9.17) is 0 Å².